The molecule has 1 N–H and O–H groups in total. The molecule has 2 rings (SSSR count). The molecule has 1 heterocycles. The average Bonchev–Trinajstić information content (AvgIpc) is 2.40. The standard InChI is InChI=1S/C11H15N/c1-11(2)6-3-9-5-8-12-10(9)4-7-11/h4-5,7-8,12H,3,6H2,1-2H3. The molecule has 12 heavy (non-hydrogen) atoms. The van der Waals surface area contributed by atoms with E-state index >= 15 is 0 Å². The molecular weight excluding hydrogens is 146 g/mol. The summed E-state index contributed by atoms with van der Waals surface area (Å²) in [5.41, 5.74) is 3.11. The van der Waals surface area contributed by atoms with Gasteiger partial charge in [-0.05, 0) is 36.0 Å². The van der Waals surface area contributed by atoms with Crippen molar-refractivity contribution in [3.8, 4) is 0 Å². The summed E-state index contributed by atoms with van der Waals surface area (Å²) in [6.07, 6.45) is 8.97. The maximum absolute atomic E-state index is 3.25. The number of hydrogen-bond acceptors (Lipinski definition) is 0. The lowest BCUT2D eigenvalue weighted by Gasteiger charge is -2.17. The molecule has 0 amide bonds. The summed E-state index contributed by atoms with van der Waals surface area (Å²) in [4.78, 5) is 3.25. The van der Waals surface area contributed by atoms with E-state index in [2.05, 4.69) is 37.0 Å². The van der Waals surface area contributed by atoms with Crippen LogP contribution in [-0.2, 0) is 6.42 Å². The van der Waals surface area contributed by atoms with Crippen molar-refractivity contribution in [2.24, 2.45) is 5.41 Å². The van der Waals surface area contributed by atoms with E-state index in [4.69, 9.17) is 0 Å². The molecule has 1 aliphatic carbocycles. The molecule has 0 unspecified atom stereocenters. The first kappa shape index (κ1) is 7.66. The molecule has 0 bridgehead atoms. The number of allylic oxidation sites excluding steroid dienone is 1. The Labute approximate surface area is 73.5 Å². The number of hydrogen-bond donors (Lipinski definition) is 1. The number of aromatic nitrogens is 1. The normalized spacial score (nSPS) is 20.2. The van der Waals surface area contributed by atoms with Crippen LogP contribution in [0.3, 0.4) is 0 Å². The lowest BCUT2D eigenvalue weighted by Crippen LogP contribution is -2.06. The van der Waals surface area contributed by atoms with Crippen molar-refractivity contribution in [3.63, 3.8) is 0 Å². The Morgan fingerprint density at radius 1 is 1.42 bits per heavy atom. The molecule has 0 fully saturated rings. The first-order chi connectivity index (χ1) is 5.67. The molecule has 1 heteroatoms. The third-order valence-electron chi connectivity index (χ3n) is 2.61. The number of H-pyrrole nitrogens is 1. The minimum atomic E-state index is 0.361. The fourth-order valence-electron chi connectivity index (χ4n) is 1.64. The highest BCUT2D eigenvalue weighted by Gasteiger charge is 2.17. The fourth-order valence-corrected chi connectivity index (χ4v) is 1.64. The second kappa shape index (κ2) is 2.51. The molecule has 0 saturated carbocycles. The molecule has 1 aliphatic rings. The van der Waals surface area contributed by atoms with Crippen LogP contribution in [-0.4, -0.2) is 4.98 Å². The zero-order valence-electron chi connectivity index (χ0n) is 7.72. The molecule has 64 valence electrons. The second-order valence-corrected chi connectivity index (χ2v) is 4.24. The maximum atomic E-state index is 3.25. The quantitative estimate of drug-likeness (QED) is 0.602. The van der Waals surface area contributed by atoms with Crippen LogP contribution in [0.5, 0.6) is 0 Å². The number of fused-ring (bicyclic) bond motifs is 1. The minimum Gasteiger partial charge on any atom is -0.361 e. The van der Waals surface area contributed by atoms with E-state index in [0.717, 1.165) is 0 Å². The van der Waals surface area contributed by atoms with E-state index in [-0.39, 0.29) is 0 Å². The highest BCUT2D eigenvalue weighted by molar-refractivity contribution is 5.51. The van der Waals surface area contributed by atoms with Crippen LogP contribution in [0.2, 0.25) is 0 Å². The van der Waals surface area contributed by atoms with E-state index in [1.807, 2.05) is 6.20 Å². The average molecular weight is 161 g/mol. The van der Waals surface area contributed by atoms with Gasteiger partial charge in [-0.3, -0.25) is 0 Å². The van der Waals surface area contributed by atoms with Gasteiger partial charge in [-0.2, -0.15) is 0 Å². The van der Waals surface area contributed by atoms with Crippen molar-refractivity contribution in [3.05, 3.63) is 29.6 Å². The van der Waals surface area contributed by atoms with Gasteiger partial charge in [0, 0.05) is 11.9 Å². The van der Waals surface area contributed by atoms with E-state index < -0.39 is 0 Å². The zero-order chi connectivity index (χ0) is 8.60. The van der Waals surface area contributed by atoms with Crippen LogP contribution >= 0.6 is 0 Å². The predicted molar refractivity (Wildman–Crippen MR) is 51.9 cm³/mol. The van der Waals surface area contributed by atoms with E-state index in [9.17, 15) is 0 Å². The molecule has 0 radical (unpaired) electrons. The van der Waals surface area contributed by atoms with Crippen molar-refractivity contribution < 1.29 is 0 Å². The lowest BCUT2D eigenvalue weighted by molar-refractivity contribution is 0.443. The summed E-state index contributed by atoms with van der Waals surface area (Å²) >= 11 is 0. The van der Waals surface area contributed by atoms with Gasteiger partial charge >= 0.3 is 0 Å². The van der Waals surface area contributed by atoms with Crippen LogP contribution in [0.1, 0.15) is 31.5 Å². The van der Waals surface area contributed by atoms with E-state index in [1.54, 1.807) is 0 Å². The molecule has 0 spiro atoms. The fraction of sp³-hybridized carbons (Fsp3) is 0.455. The topological polar surface area (TPSA) is 15.8 Å². The Hall–Kier alpha value is -0.980. The number of rotatable bonds is 0. The Kier molecular flexibility index (Phi) is 1.60. The first-order valence-corrected chi connectivity index (χ1v) is 4.53. The number of aryl methyl sites for hydroxylation is 1. The number of aromatic amines is 1. The van der Waals surface area contributed by atoms with Crippen LogP contribution in [0, 0.1) is 5.41 Å². The largest absolute Gasteiger partial charge is 0.361 e. The van der Waals surface area contributed by atoms with Crippen LogP contribution < -0.4 is 0 Å². The van der Waals surface area contributed by atoms with Gasteiger partial charge in [0.15, 0.2) is 0 Å². The summed E-state index contributed by atoms with van der Waals surface area (Å²) in [5, 5.41) is 0. The molecule has 0 atom stereocenters. The second-order valence-electron chi connectivity index (χ2n) is 4.24. The summed E-state index contributed by atoms with van der Waals surface area (Å²) in [5.74, 6) is 0. The molecule has 1 aromatic rings. The van der Waals surface area contributed by atoms with Gasteiger partial charge in [0.1, 0.15) is 0 Å². The third kappa shape index (κ3) is 1.31. The number of nitrogens with one attached hydrogen (secondary N) is 1. The van der Waals surface area contributed by atoms with Gasteiger partial charge < -0.3 is 4.98 Å². The van der Waals surface area contributed by atoms with Crippen molar-refractivity contribution in [2.45, 2.75) is 26.7 Å². The van der Waals surface area contributed by atoms with Crippen molar-refractivity contribution in [1.82, 2.24) is 4.98 Å². The Bertz CT molecular complexity index is 305. The van der Waals surface area contributed by atoms with Crippen LogP contribution in [0.15, 0.2) is 18.3 Å². The zero-order valence-corrected chi connectivity index (χ0v) is 7.72. The summed E-state index contributed by atoms with van der Waals surface area (Å²) in [7, 11) is 0. The van der Waals surface area contributed by atoms with Crippen LogP contribution in [0.25, 0.3) is 6.08 Å². The van der Waals surface area contributed by atoms with Crippen molar-refractivity contribution in [2.75, 3.05) is 0 Å². The highest BCUT2D eigenvalue weighted by atomic mass is 14.7. The van der Waals surface area contributed by atoms with Crippen LogP contribution in [0.4, 0.5) is 0 Å². The van der Waals surface area contributed by atoms with E-state index in [1.165, 1.54) is 24.1 Å². The van der Waals surface area contributed by atoms with Gasteiger partial charge in [-0.15, -0.1) is 0 Å². The van der Waals surface area contributed by atoms with Crippen molar-refractivity contribution in [1.29, 1.82) is 0 Å². The minimum absolute atomic E-state index is 0.361. The van der Waals surface area contributed by atoms with Gasteiger partial charge in [0.25, 0.3) is 0 Å². The van der Waals surface area contributed by atoms with Gasteiger partial charge in [-0.1, -0.05) is 19.9 Å². The van der Waals surface area contributed by atoms with Gasteiger partial charge in [0.2, 0.25) is 0 Å². The van der Waals surface area contributed by atoms with Gasteiger partial charge in [-0.25, -0.2) is 0 Å². The lowest BCUT2D eigenvalue weighted by atomic mass is 9.88. The SMILES string of the molecule is CC1(C)C=Cc2[nH]ccc2CC1. The Morgan fingerprint density at radius 3 is 3.08 bits per heavy atom. The van der Waals surface area contributed by atoms with Crippen molar-refractivity contribution >= 4 is 6.08 Å². The van der Waals surface area contributed by atoms with E-state index in [0.29, 0.717) is 5.41 Å². The third-order valence-corrected chi connectivity index (χ3v) is 2.61. The molecule has 1 aromatic heterocycles. The molecule has 0 aromatic carbocycles. The monoisotopic (exact) mass is 161 g/mol. The molecular formula is C11H15N. The Balaban J connectivity index is 2.36. The molecule has 1 nitrogen and oxygen atoms in total. The Morgan fingerprint density at radius 2 is 2.25 bits per heavy atom. The first-order valence-electron chi connectivity index (χ1n) is 4.53. The summed E-state index contributed by atoms with van der Waals surface area (Å²) in [6, 6.07) is 2.18. The highest BCUT2D eigenvalue weighted by Crippen LogP contribution is 2.29. The maximum Gasteiger partial charge on any atom is 0.0409 e. The molecule has 0 aliphatic heterocycles. The summed E-state index contributed by atoms with van der Waals surface area (Å²) < 4.78 is 0. The smallest absolute Gasteiger partial charge is 0.0409 e. The van der Waals surface area contributed by atoms with Gasteiger partial charge in [0.05, 0.1) is 0 Å². The summed E-state index contributed by atoms with van der Waals surface area (Å²) in [6.45, 7) is 4.57. The molecule has 0 saturated heterocycles. The predicted octanol–water partition coefficient (Wildman–Crippen LogP) is 3.00.